The van der Waals surface area contributed by atoms with Gasteiger partial charge in [-0.15, -0.1) is 0 Å². The van der Waals surface area contributed by atoms with Gasteiger partial charge in [-0.1, -0.05) is 0 Å². The van der Waals surface area contributed by atoms with Crippen LogP contribution in [0.1, 0.15) is 25.7 Å². The first-order valence-electron chi connectivity index (χ1n) is 5.57. The Hall–Kier alpha value is -0.620. The van der Waals surface area contributed by atoms with Crippen LogP contribution in [-0.4, -0.2) is 38.9 Å². The standard InChI is InChI=1S/C10H20N2O3S/c1-16(14,15)7-10(13)12-6-8-2-4-9(11)5-3-8/h8-9H,2-7,11H2,1H3,(H,12,13). The van der Waals surface area contributed by atoms with Crippen molar-refractivity contribution >= 4 is 15.7 Å². The van der Waals surface area contributed by atoms with Crippen molar-refractivity contribution in [1.82, 2.24) is 5.32 Å². The molecule has 3 N–H and O–H groups in total. The van der Waals surface area contributed by atoms with E-state index in [1.54, 1.807) is 0 Å². The Balaban J connectivity index is 2.22. The molecule has 1 rings (SSSR count). The van der Waals surface area contributed by atoms with Crippen LogP contribution in [-0.2, 0) is 14.6 Å². The lowest BCUT2D eigenvalue weighted by molar-refractivity contribution is -0.118. The zero-order valence-corrected chi connectivity index (χ0v) is 10.4. The van der Waals surface area contributed by atoms with Gasteiger partial charge in [-0.3, -0.25) is 4.79 Å². The van der Waals surface area contributed by atoms with Crippen molar-refractivity contribution in [2.45, 2.75) is 31.7 Å². The van der Waals surface area contributed by atoms with Crippen molar-refractivity contribution in [3.63, 3.8) is 0 Å². The molecule has 0 atom stereocenters. The summed E-state index contributed by atoms with van der Waals surface area (Å²) in [5.41, 5.74) is 5.77. The number of sulfone groups is 1. The van der Waals surface area contributed by atoms with E-state index >= 15 is 0 Å². The van der Waals surface area contributed by atoms with Gasteiger partial charge in [0.25, 0.3) is 0 Å². The minimum absolute atomic E-state index is 0.294. The summed E-state index contributed by atoms with van der Waals surface area (Å²) in [5, 5.41) is 2.66. The van der Waals surface area contributed by atoms with Gasteiger partial charge in [0.05, 0.1) is 0 Å². The summed E-state index contributed by atoms with van der Waals surface area (Å²) in [6, 6.07) is 0.294. The average Bonchev–Trinajstić information content (AvgIpc) is 2.14. The van der Waals surface area contributed by atoms with Gasteiger partial charge >= 0.3 is 0 Å². The zero-order valence-electron chi connectivity index (χ0n) is 9.61. The number of nitrogens with two attached hydrogens (primary N) is 1. The largest absolute Gasteiger partial charge is 0.355 e. The molecule has 1 fully saturated rings. The van der Waals surface area contributed by atoms with Crippen molar-refractivity contribution < 1.29 is 13.2 Å². The maximum Gasteiger partial charge on any atom is 0.235 e. The first-order valence-corrected chi connectivity index (χ1v) is 7.63. The molecule has 1 saturated carbocycles. The van der Waals surface area contributed by atoms with E-state index in [1.807, 2.05) is 0 Å². The molecule has 5 nitrogen and oxygen atoms in total. The lowest BCUT2D eigenvalue weighted by Gasteiger charge is -2.26. The van der Waals surface area contributed by atoms with Gasteiger partial charge in [0.2, 0.25) is 5.91 Å². The van der Waals surface area contributed by atoms with E-state index in [1.165, 1.54) is 0 Å². The van der Waals surface area contributed by atoms with E-state index in [2.05, 4.69) is 5.32 Å². The Morgan fingerprint density at radius 2 is 1.88 bits per heavy atom. The van der Waals surface area contributed by atoms with Crippen molar-refractivity contribution in [3.8, 4) is 0 Å². The molecule has 0 unspecified atom stereocenters. The number of carbonyl (C=O) groups is 1. The van der Waals surface area contributed by atoms with Crippen LogP contribution < -0.4 is 11.1 Å². The molecule has 0 aliphatic heterocycles. The molecule has 0 aromatic rings. The van der Waals surface area contributed by atoms with Gasteiger partial charge in [-0.05, 0) is 31.6 Å². The molecule has 0 radical (unpaired) electrons. The van der Waals surface area contributed by atoms with E-state index in [0.717, 1.165) is 31.9 Å². The number of hydrogen-bond acceptors (Lipinski definition) is 4. The Kier molecular flexibility index (Phi) is 4.73. The fourth-order valence-corrected chi connectivity index (χ4v) is 2.52. The number of hydrogen-bond donors (Lipinski definition) is 2. The smallest absolute Gasteiger partial charge is 0.235 e. The molecule has 0 spiro atoms. The molecule has 0 aromatic carbocycles. The van der Waals surface area contributed by atoms with Gasteiger partial charge in [0.1, 0.15) is 5.75 Å². The lowest BCUT2D eigenvalue weighted by atomic mass is 9.86. The van der Waals surface area contributed by atoms with Crippen LogP contribution >= 0.6 is 0 Å². The summed E-state index contributed by atoms with van der Waals surface area (Å²) in [7, 11) is -3.22. The minimum Gasteiger partial charge on any atom is -0.355 e. The second-order valence-corrected chi connectivity index (χ2v) is 6.80. The monoisotopic (exact) mass is 248 g/mol. The quantitative estimate of drug-likeness (QED) is 0.712. The van der Waals surface area contributed by atoms with Crippen LogP contribution in [0.3, 0.4) is 0 Å². The summed E-state index contributed by atoms with van der Waals surface area (Å²) < 4.78 is 21.7. The molecule has 0 aromatic heterocycles. The molecule has 1 aliphatic rings. The highest BCUT2D eigenvalue weighted by Gasteiger charge is 2.19. The highest BCUT2D eigenvalue weighted by molar-refractivity contribution is 7.91. The Bertz CT molecular complexity index is 332. The van der Waals surface area contributed by atoms with Crippen LogP contribution in [0, 0.1) is 5.92 Å². The SMILES string of the molecule is CS(=O)(=O)CC(=O)NCC1CCC(N)CC1. The van der Waals surface area contributed by atoms with Gasteiger partial charge in [0.15, 0.2) is 9.84 Å². The van der Waals surface area contributed by atoms with Crippen molar-refractivity contribution in [2.75, 3.05) is 18.6 Å². The Morgan fingerprint density at radius 1 is 1.31 bits per heavy atom. The van der Waals surface area contributed by atoms with Crippen molar-refractivity contribution in [3.05, 3.63) is 0 Å². The Labute approximate surface area is 96.7 Å². The molecular weight excluding hydrogens is 228 g/mol. The fourth-order valence-electron chi connectivity index (χ4n) is 1.94. The first kappa shape index (κ1) is 13.4. The van der Waals surface area contributed by atoms with E-state index in [-0.39, 0.29) is 0 Å². The maximum atomic E-state index is 11.3. The summed E-state index contributed by atoms with van der Waals surface area (Å²) in [6.07, 6.45) is 5.08. The molecular formula is C10H20N2O3S. The predicted molar refractivity (Wildman–Crippen MR) is 62.7 cm³/mol. The summed E-state index contributed by atoms with van der Waals surface area (Å²) in [4.78, 5) is 11.3. The van der Waals surface area contributed by atoms with Gasteiger partial charge in [-0.25, -0.2) is 8.42 Å². The van der Waals surface area contributed by atoms with Gasteiger partial charge in [0, 0.05) is 18.8 Å². The fraction of sp³-hybridized carbons (Fsp3) is 0.900. The van der Waals surface area contributed by atoms with E-state index in [0.29, 0.717) is 18.5 Å². The van der Waals surface area contributed by atoms with E-state index in [4.69, 9.17) is 5.73 Å². The van der Waals surface area contributed by atoms with Crippen LogP contribution in [0.25, 0.3) is 0 Å². The number of nitrogens with one attached hydrogen (secondary N) is 1. The topological polar surface area (TPSA) is 89.3 Å². The van der Waals surface area contributed by atoms with Crippen LogP contribution in [0.15, 0.2) is 0 Å². The highest BCUT2D eigenvalue weighted by Crippen LogP contribution is 2.22. The minimum atomic E-state index is -3.22. The first-order chi connectivity index (χ1) is 7.37. The van der Waals surface area contributed by atoms with Gasteiger partial charge < -0.3 is 11.1 Å². The van der Waals surface area contributed by atoms with Crippen LogP contribution in [0.4, 0.5) is 0 Å². The molecule has 1 amide bonds. The molecule has 0 bridgehead atoms. The van der Waals surface area contributed by atoms with Gasteiger partial charge in [-0.2, -0.15) is 0 Å². The third-order valence-corrected chi connectivity index (χ3v) is 3.66. The number of amides is 1. The summed E-state index contributed by atoms with van der Waals surface area (Å²) in [6.45, 7) is 0.571. The molecule has 1 aliphatic carbocycles. The second-order valence-electron chi connectivity index (χ2n) is 4.65. The van der Waals surface area contributed by atoms with E-state index < -0.39 is 21.5 Å². The average molecular weight is 248 g/mol. The van der Waals surface area contributed by atoms with E-state index in [9.17, 15) is 13.2 Å². The lowest BCUT2D eigenvalue weighted by Crippen LogP contribution is -2.36. The number of carbonyl (C=O) groups excluding carboxylic acids is 1. The highest BCUT2D eigenvalue weighted by atomic mass is 32.2. The molecule has 94 valence electrons. The summed E-state index contributed by atoms with van der Waals surface area (Å²) >= 11 is 0. The normalized spacial score (nSPS) is 26.4. The molecule has 0 heterocycles. The molecule has 16 heavy (non-hydrogen) atoms. The molecule has 0 saturated heterocycles. The zero-order chi connectivity index (χ0) is 12.2. The van der Waals surface area contributed by atoms with Crippen molar-refractivity contribution in [2.24, 2.45) is 11.7 Å². The third kappa shape index (κ3) is 5.46. The van der Waals surface area contributed by atoms with Crippen molar-refractivity contribution in [1.29, 1.82) is 0 Å². The third-order valence-electron chi connectivity index (χ3n) is 2.87. The van der Waals surface area contributed by atoms with Crippen LogP contribution in [0.5, 0.6) is 0 Å². The predicted octanol–water partition coefficient (Wildman–Crippen LogP) is -0.335. The summed E-state index contributed by atoms with van der Waals surface area (Å²) in [5.74, 6) is -0.375. The maximum absolute atomic E-state index is 11.3. The second kappa shape index (κ2) is 5.63. The number of rotatable bonds is 4. The molecule has 6 heteroatoms. The van der Waals surface area contributed by atoms with Crippen LogP contribution in [0.2, 0.25) is 0 Å². The Morgan fingerprint density at radius 3 is 2.38 bits per heavy atom.